The highest BCUT2D eigenvalue weighted by atomic mass is 15.3. The van der Waals surface area contributed by atoms with Gasteiger partial charge in [-0.05, 0) is 40.7 Å². The fourth-order valence-electron chi connectivity index (χ4n) is 2.16. The average Bonchev–Trinajstić information content (AvgIpc) is 2.19. The molecular formula is C11H26N4. The van der Waals surface area contributed by atoms with Crippen LogP contribution in [0.1, 0.15) is 6.42 Å². The summed E-state index contributed by atoms with van der Waals surface area (Å²) in [6, 6.07) is 0.561. The van der Waals surface area contributed by atoms with Crippen molar-refractivity contribution in [1.29, 1.82) is 0 Å². The van der Waals surface area contributed by atoms with Crippen LogP contribution >= 0.6 is 0 Å². The minimum atomic E-state index is 0.561. The maximum atomic E-state index is 5.81. The third-order valence-corrected chi connectivity index (χ3v) is 3.13. The van der Waals surface area contributed by atoms with Crippen molar-refractivity contribution in [3.8, 4) is 0 Å². The number of likely N-dealkylation sites (N-methyl/N-ethyl adjacent to an activating group) is 1. The van der Waals surface area contributed by atoms with Gasteiger partial charge in [0.1, 0.15) is 0 Å². The van der Waals surface area contributed by atoms with Gasteiger partial charge in [0.05, 0.1) is 0 Å². The lowest BCUT2D eigenvalue weighted by Crippen LogP contribution is -2.55. The number of nitrogens with zero attached hydrogens (tertiary/aromatic N) is 3. The molecule has 0 spiro atoms. The molecule has 90 valence electrons. The maximum absolute atomic E-state index is 5.81. The Kier molecular flexibility index (Phi) is 5.53. The molecule has 1 saturated heterocycles. The SMILES string of the molecule is CN(C)CCCN1CCN(C)CC1CN. The molecule has 15 heavy (non-hydrogen) atoms. The minimum Gasteiger partial charge on any atom is -0.329 e. The summed E-state index contributed by atoms with van der Waals surface area (Å²) in [7, 11) is 6.44. The lowest BCUT2D eigenvalue weighted by Gasteiger charge is -2.39. The Labute approximate surface area is 94.0 Å². The third-order valence-electron chi connectivity index (χ3n) is 3.13. The van der Waals surface area contributed by atoms with Gasteiger partial charge in [0.2, 0.25) is 0 Å². The molecular weight excluding hydrogens is 188 g/mol. The number of rotatable bonds is 5. The van der Waals surface area contributed by atoms with Crippen LogP contribution in [-0.4, -0.2) is 81.2 Å². The van der Waals surface area contributed by atoms with E-state index in [9.17, 15) is 0 Å². The molecule has 0 aromatic heterocycles. The van der Waals surface area contributed by atoms with E-state index in [1.807, 2.05) is 0 Å². The Morgan fingerprint density at radius 1 is 1.33 bits per heavy atom. The van der Waals surface area contributed by atoms with E-state index in [1.165, 1.54) is 32.6 Å². The van der Waals surface area contributed by atoms with Crippen molar-refractivity contribution in [3.63, 3.8) is 0 Å². The van der Waals surface area contributed by atoms with Crippen molar-refractivity contribution in [2.45, 2.75) is 12.5 Å². The molecule has 1 unspecified atom stereocenters. The summed E-state index contributed by atoms with van der Waals surface area (Å²) in [5, 5.41) is 0. The standard InChI is InChI=1S/C11H26N4/c1-13(2)5-4-6-15-8-7-14(3)10-11(15)9-12/h11H,4-10,12H2,1-3H3. The Bertz CT molecular complexity index is 172. The highest BCUT2D eigenvalue weighted by Crippen LogP contribution is 2.07. The van der Waals surface area contributed by atoms with Crippen LogP contribution in [0.25, 0.3) is 0 Å². The Balaban J connectivity index is 2.26. The molecule has 0 saturated carbocycles. The molecule has 1 atom stereocenters. The fraction of sp³-hybridized carbons (Fsp3) is 1.00. The largest absolute Gasteiger partial charge is 0.329 e. The second-order valence-electron chi connectivity index (χ2n) is 4.84. The van der Waals surface area contributed by atoms with Gasteiger partial charge < -0.3 is 15.5 Å². The molecule has 0 bridgehead atoms. The summed E-state index contributed by atoms with van der Waals surface area (Å²) >= 11 is 0. The van der Waals surface area contributed by atoms with Crippen LogP contribution in [0.5, 0.6) is 0 Å². The number of nitrogens with two attached hydrogens (primary N) is 1. The third kappa shape index (κ3) is 4.47. The van der Waals surface area contributed by atoms with Crippen LogP contribution < -0.4 is 5.73 Å². The van der Waals surface area contributed by atoms with Gasteiger partial charge in [-0.15, -0.1) is 0 Å². The molecule has 1 rings (SSSR count). The predicted octanol–water partition coefficient (Wildman–Crippen LogP) is -0.487. The summed E-state index contributed by atoms with van der Waals surface area (Å²) < 4.78 is 0. The van der Waals surface area contributed by atoms with Crippen molar-refractivity contribution >= 4 is 0 Å². The van der Waals surface area contributed by atoms with Crippen LogP contribution in [0.15, 0.2) is 0 Å². The molecule has 1 fully saturated rings. The number of hydrogen-bond acceptors (Lipinski definition) is 4. The van der Waals surface area contributed by atoms with Crippen molar-refractivity contribution in [3.05, 3.63) is 0 Å². The summed E-state index contributed by atoms with van der Waals surface area (Å²) in [5.74, 6) is 0. The van der Waals surface area contributed by atoms with E-state index < -0.39 is 0 Å². The van der Waals surface area contributed by atoms with Gasteiger partial charge in [-0.25, -0.2) is 0 Å². The first-order chi connectivity index (χ1) is 7.13. The van der Waals surface area contributed by atoms with Crippen LogP contribution in [0.4, 0.5) is 0 Å². The molecule has 4 heteroatoms. The van der Waals surface area contributed by atoms with E-state index in [-0.39, 0.29) is 0 Å². The maximum Gasteiger partial charge on any atom is 0.0346 e. The summed E-state index contributed by atoms with van der Waals surface area (Å²) in [6.07, 6.45) is 1.24. The lowest BCUT2D eigenvalue weighted by atomic mass is 10.1. The van der Waals surface area contributed by atoms with Gasteiger partial charge in [0.15, 0.2) is 0 Å². The molecule has 0 aromatic rings. The molecule has 2 N–H and O–H groups in total. The summed E-state index contributed by atoms with van der Waals surface area (Å²) in [6.45, 7) is 6.62. The van der Waals surface area contributed by atoms with Crippen molar-refractivity contribution in [2.75, 3.05) is 60.4 Å². The molecule has 0 aromatic carbocycles. The lowest BCUT2D eigenvalue weighted by molar-refractivity contribution is 0.0913. The van der Waals surface area contributed by atoms with Gasteiger partial charge in [-0.3, -0.25) is 4.90 Å². The molecule has 0 aliphatic carbocycles. The molecule has 1 aliphatic rings. The molecule has 1 heterocycles. The van der Waals surface area contributed by atoms with Crippen molar-refractivity contribution < 1.29 is 0 Å². The van der Waals surface area contributed by atoms with E-state index in [0.29, 0.717) is 6.04 Å². The molecule has 0 amide bonds. The van der Waals surface area contributed by atoms with Gasteiger partial charge in [0.25, 0.3) is 0 Å². The Hall–Kier alpha value is -0.160. The first-order valence-corrected chi connectivity index (χ1v) is 5.91. The highest BCUT2D eigenvalue weighted by molar-refractivity contribution is 4.81. The van der Waals surface area contributed by atoms with Crippen LogP contribution in [-0.2, 0) is 0 Å². The fourth-order valence-corrected chi connectivity index (χ4v) is 2.16. The van der Waals surface area contributed by atoms with Crippen LogP contribution in [0, 0.1) is 0 Å². The number of piperazine rings is 1. The molecule has 4 nitrogen and oxygen atoms in total. The topological polar surface area (TPSA) is 35.7 Å². The average molecular weight is 214 g/mol. The van der Waals surface area contributed by atoms with Crippen LogP contribution in [0.3, 0.4) is 0 Å². The zero-order valence-electron chi connectivity index (χ0n) is 10.4. The van der Waals surface area contributed by atoms with E-state index in [0.717, 1.165) is 13.1 Å². The van der Waals surface area contributed by atoms with E-state index >= 15 is 0 Å². The smallest absolute Gasteiger partial charge is 0.0346 e. The Morgan fingerprint density at radius 2 is 2.07 bits per heavy atom. The summed E-state index contributed by atoms with van der Waals surface area (Å²) in [4.78, 5) is 7.16. The van der Waals surface area contributed by atoms with E-state index in [2.05, 4.69) is 35.8 Å². The monoisotopic (exact) mass is 214 g/mol. The van der Waals surface area contributed by atoms with Gasteiger partial charge >= 0.3 is 0 Å². The van der Waals surface area contributed by atoms with E-state index in [4.69, 9.17) is 5.73 Å². The van der Waals surface area contributed by atoms with Gasteiger partial charge in [-0.2, -0.15) is 0 Å². The second kappa shape index (κ2) is 6.43. The quantitative estimate of drug-likeness (QED) is 0.670. The summed E-state index contributed by atoms with van der Waals surface area (Å²) in [5.41, 5.74) is 5.81. The van der Waals surface area contributed by atoms with E-state index in [1.54, 1.807) is 0 Å². The zero-order valence-corrected chi connectivity index (χ0v) is 10.4. The van der Waals surface area contributed by atoms with Gasteiger partial charge in [-0.1, -0.05) is 0 Å². The predicted molar refractivity (Wildman–Crippen MR) is 65.1 cm³/mol. The van der Waals surface area contributed by atoms with Crippen LogP contribution in [0.2, 0.25) is 0 Å². The van der Waals surface area contributed by atoms with Crippen molar-refractivity contribution in [2.24, 2.45) is 5.73 Å². The van der Waals surface area contributed by atoms with Gasteiger partial charge in [0, 0.05) is 32.2 Å². The first kappa shape index (κ1) is 12.9. The first-order valence-electron chi connectivity index (χ1n) is 5.91. The molecule has 1 aliphatic heterocycles. The second-order valence-corrected chi connectivity index (χ2v) is 4.84. The minimum absolute atomic E-state index is 0.561. The normalized spacial score (nSPS) is 25.0. The molecule has 0 radical (unpaired) electrons. The van der Waals surface area contributed by atoms with Crippen molar-refractivity contribution in [1.82, 2.24) is 14.7 Å². The highest BCUT2D eigenvalue weighted by Gasteiger charge is 2.23. The number of hydrogen-bond donors (Lipinski definition) is 1. The Morgan fingerprint density at radius 3 is 2.67 bits per heavy atom. The zero-order chi connectivity index (χ0) is 11.3.